The van der Waals surface area contributed by atoms with E-state index in [1.807, 2.05) is 60.7 Å². The Morgan fingerprint density at radius 2 is 1.72 bits per heavy atom. The number of nitrogens with zero attached hydrogens (tertiary/aromatic N) is 3. The maximum absolute atomic E-state index is 6.35. The van der Waals surface area contributed by atoms with Crippen LogP contribution in [0.25, 0.3) is 22.6 Å². The van der Waals surface area contributed by atoms with Gasteiger partial charge in [0.15, 0.2) is 11.5 Å². The van der Waals surface area contributed by atoms with Gasteiger partial charge in [-0.1, -0.05) is 71.4 Å². The molecule has 3 heterocycles. The molecule has 1 aliphatic rings. The Bertz CT molecular complexity index is 1520. The van der Waals surface area contributed by atoms with Crippen LogP contribution in [0.3, 0.4) is 0 Å². The second kappa shape index (κ2) is 9.68. The molecule has 36 heavy (non-hydrogen) atoms. The zero-order chi connectivity index (χ0) is 24.5. The van der Waals surface area contributed by atoms with Crippen LogP contribution >= 0.6 is 23.4 Å². The molecule has 1 N–H and O–H groups in total. The largest absolute Gasteiger partial charge is 0.455 e. The van der Waals surface area contributed by atoms with E-state index < -0.39 is 6.23 Å². The van der Waals surface area contributed by atoms with Gasteiger partial charge in [0.05, 0.1) is 0 Å². The topological polar surface area (TPSA) is 73.1 Å². The lowest BCUT2D eigenvalue weighted by molar-refractivity contribution is 0.196. The van der Waals surface area contributed by atoms with E-state index in [9.17, 15) is 0 Å². The van der Waals surface area contributed by atoms with Gasteiger partial charge in [0, 0.05) is 27.6 Å². The molecular weight excluding hydrogens is 492 g/mol. The summed E-state index contributed by atoms with van der Waals surface area (Å²) in [4.78, 5) is 4.73. The van der Waals surface area contributed by atoms with Crippen molar-refractivity contribution < 1.29 is 9.15 Å². The van der Waals surface area contributed by atoms with Crippen molar-refractivity contribution in [2.45, 2.75) is 24.1 Å². The number of aryl methyl sites for hydroxylation is 1. The third kappa shape index (κ3) is 4.67. The first-order valence-electron chi connectivity index (χ1n) is 11.4. The number of ether oxygens (including phenoxy) is 1. The van der Waals surface area contributed by atoms with Crippen LogP contribution in [0.5, 0.6) is 5.88 Å². The summed E-state index contributed by atoms with van der Waals surface area (Å²) in [6.45, 7) is 2.08. The van der Waals surface area contributed by atoms with Gasteiger partial charge in [0.25, 0.3) is 0 Å². The summed E-state index contributed by atoms with van der Waals surface area (Å²) in [5, 5.41) is 13.5. The molecule has 1 atom stereocenters. The molecule has 0 fully saturated rings. The van der Waals surface area contributed by atoms with E-state index in [1.54, 1.807) is 0 Å². The molecule has 178 valence electrons. The first kappa shape index (κ1) is 22.6. The average Bonchev–Trinajstić information content (AvgIpc) is 3.33. The number of para-hydroxylation sites is 1. The second-order valence-corrected chi connectivity index (χ2v) is 9.80. The van der Waals surface area contributed by atoms with E-state index in [1.165, 1.54) is 22.9 Å². The van der Waals surface area contributed by atoms with Crippen LogP contribution in [0.2, 0.25) is 5.02 Å². The van der Waals surface area contributed by atoms with E-state index in [0.29, 0.717) is 27.5 Å². The van der Waals surface area contributed by atoms with Gasteiger partial charge in [-0.2, -0.15) is 4.98 Å². The highest BCUT2D eigenvalue weighted by atomic mass is 35.5. The predicted molar refractivity (Wildman–Crippen MR) is 142 cm³/mol. The Morgan fingerprint density at radius 3 is 2.56 bits per heavy atom. The van der Waals surface area contributed by atoms with Crippen molar-refractivity contribution >= 4 is 29.1 Å². The van der Waals surface area contributed by atoms with E-state index in [-0.39, 0.29) is 0 Å². The van der Waals surface area contributed by atoms with Crippen molar-refractivity contribution in [3.63, 3.8) is 0 Å². The summed E-state index contributed by atoms with van der Waals surface area (Å²) < 4.78 is 12.5. The highest BCUT2D eigenvalue weighted by Crippen LogP contribution is 2.40. The lowest BCUT2D eigenvalue weighted by Crippen LogP contribution is -2.16. The van der Waals surface area contributed by atoms with Crippen LogP contribution < -0.4 is 10.1 Å². The first-order chi connectivity index (χ1) is 17.6. The molecule has 6 rings (SSSR count). The Labute approximate surface area is 217 Å². The molecule has 8 heteroatoms. The van der Waals surface area contributed by atoms with Gasteiger partial charge in [0.2, 0.25) is 17.3 Å². The number of nitrogens with one attached hydrogen (secondary N) is 1. The Morgan fingerprint density at radius 1 is 0.917 bits per heavy atom. The van der Waals surface area contributed by atoms with Crippen LogP contribution in [0, 0.1) is 6.92 Å². The number of halogens is 1. The molecule has 0 saturated carbocycles. The summed E-state index contributed by atoms with van der Waals surface area (Å²) in [7, 11) is 0. The number of aromatic nitrogens is 3. The van der Waals surface area contributed by atoms with Crippen molar-refractivity contribution in [1.82, 2.24) is 15.2 Å². The maximum Gasteiger partial charge on any atom is 0.247 e. The third-order valence-corrected chi connectivity index (χ3v) is 7.00. The summed E-state index contributed by atoms with van der Waals surface area (Å²) in [6.07, 6.45) is -0.597. The number of rotatable bonds is 5. The van der Waals surface area contributed by atoms with Gasteiger partial charge < -0.3 is 14.5 Å². The van der Waals surface area contributed by atoms with Crippen LogP contribution in [0.1, 0.15) is 23.1 Å². The second-order valence-electron chi connectivity index (χ2n) is 8.42. The normalized spacial score (nSPS) is 14.2. The third-order valence-electron chi connectivity index (χ3n) is 5.84. The fraction of sp³-hybridized carbons (Fsp3) is 0.107. The number of benzene rings is 3. The predicted octanol–water partition coefficient (Wildman–Crippen LogP) is 7.56. The molecule has 0 amide bonds. The summed E-state index contributed by atoms with van der Waals surface area (Å²) in [5.74, 6) is 2.49. The van der Waals surface area contributed by atoms with E-state index >= 15 is 0 Å². The lowest BCUT2D eigenvalue weighted by atomic mass is 10.1. The number of anilines is 1. The SMILES string of the molecule is Cc1ccc(CSc2nnc3c(n2)O[C@@H](c2ccc(-c4ccc(Cl)cc4)o2)Nc2ccccc2-3)cc1. The Hall–Kier alpha value is -3.81. The highest BCUT2D eigenvalue weighted by Gasteiger charge is 2.28. The number of furan rings is 1. The van der Waals surface area contributed by atoms with Crippen molar-refractivity contribution in [2.75, 3.05) is 5.32 Å². The molecule has 5 aromatic rings. The van der Waals surface area contributed by atoms with Crippen molar-refractivity contribution in [3.05, 3.63) is 107 Å². The van der Waals surface area contributed by atoms with Crippen molar-refractivity contribution in [2.24, 2.45) is 0 Å². The van der Waals surface area contributed by atoms with Crippen molar-refractivity contribution in [1.29, 1.82) is 0 Å². The summed E-state index contributed by atoms with van der Waals surface area (Å²) >= 11 is 7.56. The van der Waals surface area contributed by atoms with Gasteiger partial charge in [-0.25, -0.2) is 0 Å². The highest BCUT2D eigenvalue weighted by molar-refractivity contribution is 7.98. The number of thioether (sulfide) groups is 1. The molecule has 0 radical (unpaired) electrons. The first-order valence-corrected chi connectivity index (χ1v) is 12.8. The van der Waals surface area contributed by atoms with Gasteiger partial charge in [0.1, 0.15) is 5.76 Å². The van der Waals surface area contributed by atoms with E-state index in [0.717, 1.165) is 28.3 Å². The van der Waals surface area contributed by atoms with Crippen molar-refractivity contribution in [3.8, 4) is 28.5 Å². The Balaban J connectivity index is 1.31. The minimum Gasteiger partial charge on any atom is -0.455 e. The number of hydrogen-bond acceptors (Lipinski definition) is 7. The summed E-state index contributed by atoms with van der Waals surface area (Å²) in [6, 6.07) is 27.6. The number of fused-ring (bicyclic) bond motifs is 3. The van der Waals surface area contributed by atoms with E-state index in [2.05, 4.69) is 46.7 Å². The molecule has 1 aliphatic heterocycles. The number of hydrogen-bond donors (Lipinski definition) is 1. The fourth-order valence-electron chi connectivity index (χ4n) is 3.93. The maximum atomic E-state index is 6.35. The monoisotopic (exact) mass is 512 g/mol. The molecule has 2 aromatic heterocycles. The van der Waals surface area contributed by atoms with Crippen LogP contribution in [-0.4, -0.2) is 15.2 Å². The minimum absolute atomic E-state index is 0.406. The quantitative estimate of drug-likeness (QED) is 0.243. The Kier molecular flexibility index (Phi) is 6.09. The molecule has 0 bridgehead atoms. The zero-order valence-corrected chi connectivity index (χ0v) is 20.9. The van der Waals surface area contributed by atoms with Gasteiger partial charge in [-0.3, -0.25) is 0 Å². The van der Waals surface area contributed by atoms with Gasteiger partial charge in [-0.05, 0) is 55.0 Å². The molecule has 6 nitrogen and oxygen atoms in total. The molecule has 0 aliphatic carbocycles. The van der Waals surface area contributed by atoms with Crippen LogP contribution in [-0.2, 0) is 5.75 Å². The zero-order valence-electron chi connectivity index (χ0n) is 19.3. The van der Waals surface area contributed by atoms with Crippen LogP contribution in [0.15, 0.2) is 94.5 Å². The van der Waals surface area contributed by atoms with Crippen LogP contribution in [0.4, 0.5) is 5.69 Å². The van der Waals surface area contributed by atoms with Gasteiger partial charge >= 0.3 is 0 Å². The summed E-state index contributed by atoms with van der Waals surface area (Å²) in [5.41, 5.74) is 5.68. The molecule has 0 unspecified atom stereocenters. The lowest BCUT2D eigenvalue weighted by Gasteiger charge is -2.16. The average molecular weight is 513 g/mol. The smallest absolute Gasteiger partial charge is 0.247 e. The molecule has 0 spiro atoms. The standard InChI is InChI=1S/C28H21ClN4O2S/c1-17-6-8-18(9-7-17)16-36-28-31-27-25(32-33-28)21-4-2-3-5-22(21)30-26(35-27)24-15-14-23(34-24)19-10-12-20(29)13-11-19/h2-15,26,30H,16H2,1H3/t26-/m0/s1. The minimum atomic E-state index is -0.597. The molecule has 3 aromatic carbocycles. The van der Waals surface area contributed by atoms with E-state index in [4.69, 9.17) is 25.7 Å². The van der Waals surface area contributed by atoms with Gasteiger partial charge in [-0.15, -0.1) is 10.2 Å². The fourth-order valence-corrected chi connectivity index (χ4v) is 4.79. The molecular formula is C28H21ClN4O2S. The molecule has 0 saturated heterocycles.